The van der Waals surface area contributed by atoms with Crippen LogP contribution in [0.5, 0.6) is 0 Å². The molecular weight excluding hydrogens is 296 g/mol. The molecule has 5 heteroatoms. The molecule has 2 aromatic rings. The smallest absolute Gasteiger partial charge is 0.404 e. The van der Waals surface area contributed by atoms with Crippen LogP contribution in [-0.4, -0.2) is 11.1 Å². The van der Waals surface area contributed by atoms with E-state index in [4.69, 9.17) is 5.73 Å². The Balaban J connectivity index is 0.000000199. The zero-order chi connectivity index (χ0) is 13.2. The Morgan fingerprint density at radius 1 is 1.17 bits per heavy atom. The highest BCUT2D eigenvalue weighted by Crippen LogP contribution is 2.00. The van der Waals surface area contributed by atoms with Crippen molar-refractivity contribution in [2.45, 2.75) is 6.61 Å². The second-order valence-corrected chi connectivity index (χ2v) is 4.06. The van der Waals surface area contributed by atoms with E-state index in [0.717, 1.165) is 10.2 Å². The lowest BCUT2D eigenvalue weighted by Gasteiger charge is -1.99. The van der Waals surface area contributed by atoms with Crippen LogP contribution in [0.25, 0.3) is 0 Å². The van der Waals surface area contributed by atoms with E-state index in [2.05, 4.69) is 25.7 Å². The van der Waals surface area contributed by atoms with Gasteiger partial charge in [-0.05, 0) is 33.6 Å². The first kappa shape index (κ1) is 14.2. The van der Waals surface area contributed by atoms with Crippen LogP contribution in [0, 0.1) is 0 Å². The molecule has 0 spiro atoms. The molecule has 1 aromatic heterocycles. The zero-order valence-electron chi connectivity index (χ0n) is 9.62. The third-order valence-corrected chi connectivity index (χ3v) is 2.32. The number of nitrogens with zero attached hydrogens (tertiary/aromatic N) is 1. The molecule has 2 rings (SSSR count). The summed E-state index contributed by atoms with van der Waals surface area (Å²) in [5.74, 6) is 0. The van der Waals surface area contributed by atoms with E-state index in [1.807, 2.05) is 48.5 Å². The van der Waals surface area contributed by atoms with Crippen molar-refractivity contribution >= 4 is 22.0 Å². The molecule has 0 unspecified atom stereocenters. The number of rotatable bonds is 2. The average molecular weight is 309 g/mol. The molecule has 1 aromatic carbocycles. The Hall–Kier alpha value is -1.88. The first-order valence-electron chi connectivity index (χ1n) is 5.21. The molecule has 0 atom stereocenters. The van der Waals surface area contributed by atoms with Crippen LogP contribution >= 0.6 is 15.9 Å². The van der Waals surface area contributed by atoms with Gasteiger partial charge in [0.15, 0.2) is 0 Å². The van der Waals surface area contributed by atoms with Gasteiger partial charge in [0.1, 0.15) is 11.2 Å². The van der Waals surface area contributed by atoms with E-state index in [0.29, 0.717) is 0 Å². The highest BCUT2D eigenvalue weighted by molar-refractivity contribution is 9.10. The fourth-order valence-electron chi connectivity index (χ4n) is 1.07. The van der Waals surface area contributed by atoms with Crippen LogP contribution < -0.4 is 5.73 Å². The first-order chi connectivity index (χ1) is 8.68. The monoisotopic (exact) mass is 308 g/mol. The summed E-state index contributed by atoms with van der Waals surface area (Å²) in [6.45, 7) is 0.246. The summed E-state index contributed by atoms with van der Waals surface area (Å²) < 4.78 is 5.45. The number of halogens is 1. The molecule has 0 radical (unpaired) electrons. The van der Waals surface area contributed by atoms with Crippen molar-refractivity contribution in [1.29, 1.82) is 0 Å². The van der Waals surface area contributed by atoms with E-state index in [1.165, 1.54) is 0 Å². The molecular formula is C13H13BrN2O2. The van der Waals surface area contributed by atoms with Gasteiger partial charge in [-0.1, -0.05) is 36.4 Å². The zero-order valence-corrected chi connectivity index (χ0v) is 11.2. The van der Waals surface area contributed by atoms with Crippen molar-refractivity contribution in [2.75, 3.05) is 0 Å². The Bertz CT molecular complexity index is 463. The van der Waals surface area contributed by atoms with Crippen molar-refractivity contribution in [1.82, 2.24) is 4.98 Å². The van der Waals surface area contributed by atoms with Crippen LogP contribution in [0.3, 0.4) is 0 Å². The second-order valence-electron chi connectivity index (χ2n) is 3.25. The molecule has 2 N–H and O–H groups in total. The number of carbonyl (C=O) groups excluding carboxylic acids is 1. The Kier molecular flexibility index (Phi) is 6.50. The number of primary amides is 1. The molecule has 0 aliphatic carbocycles. The molecule has 0 aliphatic heterocycles. The highest BCUT2D eigenvalue weighted by atomic mass is 79.9. The van der Waals surface area contributed by atoms with Crippen molar-refractivity contribution in [3.05, 3.63) is 64.9 Å². The SMILES string of the molecule is Brc1ccccn1.NC(=O)OCc1ccccc1. The van der Waals surface area contributed by atoms with Crippen LogP contribution in [0.15, 0.2) is 59.3 Å². The van der Waals surface area contributed by atoms with Crippen LogP contribution in [0.4, 0.5) is 4.79 Å². The summed E-state index contributed by atoms with van der Waals surface area (Å²) in [5, 5.41) is 0. The molecule has 1 heterocycles. The molecule has 18 heavy (non-hydrogen) atoms. The van der Waals surface area contributed by atoms with Crippen molar-refractivity contribution < 1.29 is 9.53 Å². The van der Waals surface area contributed by atoms with E-state index in [1.54, 1.807) is 6.20 Å². The predicted molar refractivity (Wildman–Crippen MR) is 72.8 cm³/mol. The quantitative estimate of drug-likeness (QED) is 0.867. The summed E-state index contributed by atoms with van der Waals surface area (Å²) in [5.41, 5.74) is 5.72. The van der Waals surface area contributed by atoms with Crippen LogP contribution in [-0.2, 0) is 11.3 Å². The number of amides is 1. The topological polar surface area (TPSA) is 65.2 Å². The molecule has 0 aliphatic rings. The van der Waals surface area contributed by atoms with Gasteiger partial charge in [-0.15, -0.1) is 0 Å². The number of pyridine rings is 1. The predicted octanol–water partition coefficient (Wildman–Crippen LogP) is 3.13. The minimum Gasteiger partial charge on any atom is -0.445 e. The lowest BCUT2D eigenvalue weighted by molar-refractivity contribution is 0.150. The van der Waals surface area contributed by atoms with E-state index >= 15 is 0 Å². The maximum atomic E-state index is 10.2. The largest absolute Gasteiger partial charge is 0.445 e. The fourth-order valence-corrected chi connectivity index (χ4v) is 1.34. The Morgan fingerprint density at radius 2 is 1.83 bits per heavy atom. The molecule has 0 saturated heterocycles. The lowest BCUT2D eigenvalue weighted by atomic mass is 10.2. The maximum Gasteiger partial charge on any atom is 0.404 e. The number of carbonyl (C=O) groups is 1. The normalized spacial score (nSPS) is 8.94. The molecule has 0 bridgehead atoms. The third kappa shape index (κ3) is 6.65. The highest BCUT2D eigenvalue weighted by Gasteiger charge is 1.93. The number of aromatic nitrogens is 1. The van der Waals surface area contributed by atoms with Gasteiger partial charge in [0.05, 0.1) is 0 Å². The summed E-state index contributed by atoms with van der Waals surface area (Å²) >= 11 is 3.20. The summed E-state index contributed by atoms with van der Waals surface area (Å²) in [4.78, 5) is 14.1. The minimum absolute atomic E-state index is 0.246. The van der Waals surface area contributed by atoms with Crippen molar-refractivity contribution in [3.8, 4) is 0 Å². The molecule has 4 nitrogen and oxygen atoms in total. The van der Waals surface area contributed by atoms with Gasteiger partial charge in [0, 0.05) is 6.20 Å². The molecule has 0 fully saturated rings. The molecule has 94 valence electrons. The Labute approximate surface area is 114 Å². The second kappa shape index (κ2) is 8.25. The van der Waals surface area contributed by atoms with E-state index in [-0.39, 0.29) is 6.61 Å². The Morgan fingerprint density at radius 3 is 2.28 bits per heavy atom. The van der Waals surface area contributed by atoms with Gasteiger partial charge in [0.25, 0.3) is 0 Å². The fraction of sp³-hybridized carbons (Fsp3) is 0.0769. The maximum absolute atomic E-state index is 10.2. The van der Waals surface area contributed by atoms with Gasteiger partial charge in [-0.25, -0.2) is 9.78 Å². The lowest BCUT2D eigenvalue weighted by Crippen LogP contribution is -2.12. The summed E-state index contributed by atoms with van der Waals surface area (Å²) in [6, 6.07) is 15.1. The van der Waals surface area contributed by atoms with Gasteiger partial charge < -0.3 is 10.5 Å². The molecule has 1 amide bonds. The number of nitrogens with two attached hydrogens (primary N) is 1. The van der Waals surface area contributed by atoms with E-state index < -0.39 is 6.09 Å². The van der Waals surface area contributed by atoms with Crippen LogP contribution in [0.1, 0.15) is 5.56 Å². The average Bonchev–Trinajstić information content (AvgIpc) is 2.39. The number of hydrogen-bond acceptors (Lipinski definition) is 3. The van der Waals surface area contributed by atoms with Crippen molar-refractivity contribution in [2.24, 2.45) is 5.73 Å². The molecule has 0 saturated carbocycles. The van der Waals surface area contributed by atoms with Gasteiger partial charge in [-0.2, -0.15) is 0 Å². The van der Waals surface area contributed by atoms with Gasteiger partial charge >= 0.3 is 6.09 Å². The number of benzene rings is 1. The van der Waals surface area contributed by atoms with Crippen molar-refractivity contribution in [3.63, 3.8) is 0 Å². The summed E-state index contributed by atoms with van der Waals surface area (Å²) in [6.07, 6.45) is 0.998. The van der Waals surface area contributed by atoms with Crippen LogP contribution in [0.2, 0.25) is 0 Å². The number of ether oxygens (including phenoxy) is 1. The number of hydrogen-bond donors (Lipinski definition) is 1. The third-order valence-electron chi connectivity index (χ3n) is 1.85. The van der Waals surface area contributed by atoms with Gasteiger partial charge in [0.2, 0.25) is 0 Å². The standard InChI is InChI=1S/C8H9NO2.C5H4BrN/c9-8(10)11-6-7-4-2-1-3-5-7;6-5-3-1-2-4-7-5/h1-5H,6H2,(H2,9,10);1-4H. The van der Waals surface area contributed by atoms with Gasteiger partial charge in [-0.3, -0.25) is 0 Å². The van der Waals surface area contributed by atoms with E-state index in [9.17, 15) is 4.79 Å². The summed E-state index contributed by atoms with van der Waals surface area (Å²) in [7, 11) is 0. The minimum atomic E-state index is -0.742. The first-order valence-corrected chi connectivity index (χ1v) is 6.00.